The van der Waals surface area contributed by atoms with Gasteiger partial charge in [0, 0.05) is 6.54 Å². The topological polar surface area (TPSA) is 55.4 Å². The van der Waals surface area contributed by atoms with Gasteiger partial charge in [0.2, 0.25) is 0 Å². The largest absolute Gasteiger partial charge is 1.00 e. The van der Waals surface area contributed by atoms with Crippen LogP contribution in [0.4, 0.5) is 17.7 Å². The van der Waals surface area contributed by atoms with Crippen LogP contribution in [0.15, 0.2) is 0 Å². The van der Waals surface area contributed by atoms with Crippen molar-refractivity contribution in [2.24, 2.45) is 0 Å². The summed E-state index contributed by atoms with van der Waals surface area (Å²) in [7, 11) is 1.19. The van der Waals surface area contributed by atoms with Crippen molar-refractivity contribution in [3.8, 4) is 0 Å². The van der Waals surface area contributed by atoms with Crippen LogP contribution in [0.1, 0.15) is 19.3 Å². The number of rotatable bonds is 6. The number of hydrogen-bond donors (Lipinski definition) is 1. The van der Waals surface area contributed by atoms with Crippen LogP contribution in [-0.4, -0.2) is 32.4 Å². The number of methoxy groups -OCH3 is 1. The smallest absolute Gasteiger partial charge is 0.453 e. The molecule has 0 aliphatic rings. The summed E-state index contributed by atoms with van der Waals surface area (Å²) in [6.07, 6.45) is -0.745. The van der Waals surface area contributed by atoms with E-state index in [1.165, 1.54) is 7.11 Å². The maximum atomic E-state index is 11.8. The summed E-state index contributed by atoms with van der Waals surface area (Å²) in [5, 5.41) is 2.30. The van der Waals surface area contributed by atoms with E-state index < -0.39 is 25.2 Å². The average Bonchev–Trinajstić information content (AvgIpc) is 2.15. The molecule has 0 aliphatic carbocycles. The van der Waals surface area contributed by atoms with Crippen molar-refractivity contribution in [3.05, 3.63) is 0 Å². The molecule has 0 atom stereocenters. The Hall–Kier alpha value is 0.431. The molecule has 16 heavy (non-hydrogen) atoms. The van der Waals surface area contributed by atoms with Crippen LogP contribution in [0.25, 0.3) is 0 Å². The average molecular weight is 265 g/mol. The Morgan fingerprint density at radius 1 is 1.25 bits per heavy atom. The summed E-state index contributed by atoms with van der Waals surface area (Å²) < 4.78 is 39.5. The Morgan fingerprint density at radius 2 is 1.81 bits per heavy atom. The van der Waals surface area contributed by atoms with Gasteiger partial charge in [0.15, 0.2) is 0 Å². The number of alkyl carbamates (subject to hydrolysis) is 1. The van der Waals surface area contributed by atoms with Crippen molar-refractivity contribution in [2.45, 2.75) is 19.3 Å². The summed E-state index contributed by atoms with van der Waals surface area (Å²) in [6.45, 7) is -5.16. The number of amides is 1. The van der Waals surface area contributed by atoms with Gasteiger partial charge in [-0.2, -0.15) is 0 Å². The van der Waals surface area contributed by atoms with Crippen LogP contribution in [0.5, 0.6) is 0 Å². The summed E-state index contributed by atoms with van der Waals surface area (Å²) >= 11 is 0. The molecule has 0 aliphatic heterocycles. The van der Waals surface area contributed by atoms with Gasteiger partial charge >= 0.3 is 64.5 Å². The molecule has 88 valence electrons. The third-order valence-corrected chi connectivity index (χ3v) is 1.67. The molecule has 0 aromatic rings. The molecular formula is C7H12BF3KNO3. The van der Waals surface area contributed by atoms with Crippen LogP contribution in [0.3, 0.4) is 0 Å². The van der Waals surface area contributed by atoms with Gasteiger partial charge < -0.3 is 27.8 Å². The van der Waals surface area contributed by atoms with Gasteiger partial charge in [0.05, 0.1) is 12.8 Å². The molecule has 0 heterocycles. The zero-order valence-electron chi connectivity index (χ0n) is 9.26. The van der Waals surface area contributed by atoms with Crippen molar-refractivity contribution in [1.82, 2.24) is 5.32 Å². The van der Waals surface area contributed by atoms with Crippen molar-refractivity contribution >= 4 is 18.8 Å². The molecule has 0 saturated heterocycles. The zero-order chi connectivity index (χ0) is 11.9. The van der Waals surface area contributed by atoms with Gasteiger partial charge in [-0.1, -0.05) is 0 Å². The first-order valence-electron chi connectivity index (χ1n) is 4.42. The van der Waals surface area contributed by atoms with E-state index in [1.807, 2.05) is 0 Å². The van der Waals surface area contributed by atoms with Crippen molar-refractivity contribution < 1.29 is 78.7 Å². The first-order valence-corrected chi connectivity index (χ1v) is 4.42. The number of carbonyl (C=O) groups is 2. The quantitative estimate of drug-likeness (QED) is 0.468. The molecule has 0 bridgehead atoms. The minimum Gasteiger partial charge on any atom is -0.453 e. The number of halogens is 3. The maximum absolute atomic E-state index is 11.8. The van der Waals surface area contributed by atoms with E-state index in [4.69, 9.17) is 0 Å². The molecule has 4 nitrogen and oxygen atoms in total. The van der Waals surface area contributed by atoms with Crippen molar-refractivity contribution in [3.63, 3.8) is 0 Å². The minimum absolute atomic E-state index is 0. The second kappa shape index (κ2) is 9.46. The van der Waals surface area contributed by atoms with Crippen LogP contribution >= 0.6 is 0 Å². The second-order valence-corrected chi connectivity index (χ2v) is 2.92. The van der Waals surface area contributed by atoms with E-state index in [0.717, 1.165) is 0 Å². The molecule has 0 radical (unpaired) electrons. The van der Waals surface area contributed by atoms with E-state index in [9.17, 15) is 22.5 Å². The van der Waals surface area contributed by atoms with Gasteiger partial charge in [0.25, 0.3) is 0 Å². The Morgan fingerprint density at radius 3 is 2.25 bits per heavy atom. The number of unbranched alkanes of at least 4 members (excludes halogenated alkanes) is 1. The third-order valence-electron chi connectivity index (χ3n) is 1.67. The first-order chi connectivity index (χ1) is 6.88. The standard InChI is InChI=1S/C7H12BF3NO3.K/c1-15-7(14)12-5-3-2-4-6(13)8(9,10)11;/h2-5H2,1H3,(H,12,14);/q-1;+1. The van der Waals surface area contributed by atoms with Crippen LogP contribution in [-0.2, 0) is 9.53 Å². The Labute approximate surface area is 134 Å². The number of nitrogens with one attached hydrogen (secondary N) is 1. The molecule has 9 heteroatoms. The predicted octanol–water partition coefficient (Wildman–Crippen LogP) is -1.53. The van der Waals surface area contributed by atoms with Crippen molar-refractivity contribution in [1.29, 1.82) is 0 Å². The van der Waals surface area contributed by atoms with Gasteiger partial charge in [0.1, 0.15) is 0 Å². The molecule has 1 N–H and O–H groups in total. The molecule has 0 aromatic carbocycles. The maximum Gasteiger partial charge on any atom is 1.00 e. The van der Waals surface area contributed by atoms with Gasteiger partial charge in [-0.15, -0.1) is 0 Å². The SMILES string of the molecule is COC(=O)NCCCCC(=O)[B-](F)(F)F.[K+]. The Balaban J connectivity index is 0. The monoisotopic (exact) mass is 265 g/mol. The summed E-state index contributed by atoms with van der Waals surface area (Å²) in [5.41, 5.74) is -1.67. The predicted molar refractivity (Wildman–Crippen MR) is 48.3 cm³/mol. The summed E-state index contributed by atoms with van der Waals surface area (Å²) in [5.74, 6) is 0. The summed E-state index contributed by atoms with van der Waals surface area (Å²) in [6, 6.07) is 0. The van der Waals surface area contributed by atoms with Gasteiger partial charge in [-0.05, 0) is 19.3 Å². The Bertz CT molecular complexity index is 237. The normalized spacial score (nSPS) is 10.2. The summed E-state index contributed by atoms with van der Waals surface area (Å²) in [4.78, 5) is 20.9. The second-order valence-electron chi connectivity index (χ2n) is 2.92. The zero-order valence-corrected chi connectivity index (χ0v) is 12.4. The fourth-order valence-electron chi connectivity index (χ4n) is 0.851. The molecule has 1 amide bonds. The number of ether oxygens (including phenoxy) is 1. The van der Waals surface area contributed by atoms with Gasteiger partial charge in [-0.25, -0.2) is 4.79 Å². The molecule has 0 aromatic heterocycles. The molecular weight excluding hydrogens is 253 g/mol. The number of carbonyl (C=O) groups excluding carboxylic acids is 2. The molecule has 0 spiro atoms. The molecule has 0 rings (SSSR count). The van der Waals surface area contributed by atoms with E-state index >= 15 is 0 Å². The van der Waals surface area contributed by atoms with Gasteiger partial charge in [-0.3, -0.25) is 0 Å². The van der Waals surface area contributed by atoms with Crippen LogP contribution < -0.4 is 56.7 Å². The van der Waals surface area contributed by atoms with E-state index in [-0.39, 0.29) is 64.4 Å². The fraction of sp³-hybridized carbons (Fsp3) is 0.714. The molecule has 0 saturated carbocycles. The number of hydrogen-bond acceptors (Lipinski definition) is 3. The molecule has 0 fully saturated rings. The van der Waals surface area contributed by atoms with Crippen LogP contribution in [0.2, 0.25) is 0 Å². The first kappa shape index (κ1) is 18.8. The van der Waals surface area contributed by atoms with E-state index in [1.54, 1.807) is 0 Å². The minimum atomic E-state index is -5.36. The van der Waals surface area contributed by atoms with Crippen LogP contribution in [0, 0.1) is 0 Å². The van der Waals surface area contributed by atoms with E-state index in [0.29, 0.717) is 6.42 Å². The molecule has 0 unspecified atom stereocenters. The Kier molecular flexibility index (Phi) is 11.1. The van der Waals surface area contributed by atoms with Crippen molar-refractivity contribution in [2.75, 3.05) is 13.7 Å². The van der Waals surface area contributed by atoms with E-state index in [2.05, 4.69) is 10.1 Å². The third kappa shape index (κ3) is 9.64. The fourth-order valence-corrected chi connectivity index (χ4v) is 0.851.